The lowest BCUT2D eigenvalue weighted by molar-refractivity contribution is -0.144. The molecule has 1 aromatic heterocycles. The molecule has 0 spiro atoms. The van der Waals surface area contributed by atoms with Gasteiger partial charge >= 0.3 is 0 Å². The number of aromatic nitrogens is 1. The van der Waals surface area contributed by atoms with Gasteiger partial charge in [-0.3, -0.25) is 9.78 Å². The maximum Gasteiger partial charge on any atom is 0.231 e. The summed E-state index contributed by atoms with van der Waals surface area (Å²) in [4.78, 5) is 26.6. The first kappa shape index (κ1) is 24.0. The summed E-state index contributed by atoms with van der Waals surface area (Å²) >= 11 is 0. The number of aliphatic imine (C=N–C) groups is 1. The Balaban J connectivity index is 1.37. The number of likely N-dealkylation sites (tertiary alicyclic amines) is 1. The molecule has 2 saturated heterocycles. The van der Waals surface area contributed by atoms with Gasteiger partial charge in [0.15, 0.2) is 0 Å². The molecule has 2 N–H and O–H groups in total. The van der Waals surface area contributed by atoms with Gasteiger partial charge < -0.3 is 25.0 Å². The molecule has 5 rings (SSSR count). The molecule has 1 aromatic rings. The summed E-state index contributed by atoms with van der Waals surface area (Å²) in [5, 5.41) is 9.02. The molecular weight excluding hydrogens is 444 g/mol. The van der Waals surface area contributed by atoms with E-state index in [2.05, 4.69) is 16.0 Å². The number of carbonyl (C=O) groups is 1. The van der Waals surface area contributed by atoms with Crippen LogP contribution in [-0.2, 0) is 27.2 Å². The molecular formula is C26H36N6O3. The number of nitrogens with two attached hydrogens (primary N) is 1. The number of nitriles is 1. The molecule has 35 heavy (non-hydrogen) atoms. The van der Waals surface area contributed by atoms with E-state index in [0.29, 0.717) is 44.6 Å². The molecule has 1 aliphatic carbocycles. The SMILES string of the molecule is COC1COCCC1C[C@@H]1C[C@H]2CN(C(N)=NC#N)C[C@@]2(C(=O)N2CCc3ncc(C)cc3C2)C1. The van der Waals surface area contributed by atoms with Crippen molar-refractivity contribution in [2.75, 3.05) is 40.0 Å². The predicted octanol–water partition coefficient (Wildman–Crippen LogP) is 1.84. The van der Waals surface area contributed by atoms with Gasteiger partial charge in [-0.1, -0.05) is 6.07 Å². The van der Waals surface area contributed by atoms with Crippen LogP contribution in [0.3, 0.4) is 0 Å². The number of amides is 1. The summed E-state index contributed by atoms with van der Waals surface area (Å²) in [6.07, 6.45) is 8.50. The van der Waals surface area contributed by atoms with E-state index in [1.165, 1.54) is 0 Å². The Labute approximate surface area is 207 Å². The standard InChI is InChI=1S/C26H36N6O3/c1-17-7-20-12-31(5-3-22(20)29-11-17)24(33)26-10-18(8-19-4-6-35-14-23(19)34-2)9-21(26)13-32(15-26)25(28)30-16-27/h7,11,18-19,21,23H,3-6,8-10,12-15H2,1-2H3,(H2,28,30)/t18-,19?,21+,23?,26+/m1/s1. The molecule has 0 bridgehead atoms. The van der Waals surface area contributed by atoms with Gasteiger partial charge in [0.25, 0.3) is 0 Å². The molecule has 1 saturated carbocycles. The second-order valence-corrected chi connectivity index (χ2v) is 10.8. The lowest BCUT2D eigenvalue weighted by Gasteiger charge is -2.37. The third kappa shape index (κ3) is 4.50. The van der Waals surface area contributed by atoms with E-state index in [1.54, 1.807) is 13.3 Å². The average Bonchev–Trinajstić information content (AvgIpc) is 3.38. The Kier molecular flexibility index (Phi) is 6.69. The van der Waals surface area contributed by atoms with Crippen LogP contribution in [0.5, 0.6) is 0 Å². The molecule has 9 heteroatoms. The van der Waals surface area contributed by atoms with Crippen molar-refractivity contribution in [3.05, 3.63) is 29.1 Å². The minimum Gasteiger partial charge on any atom is -0.379 e. The van der Waals surface area contributed by atoms with E-state index in [9.17, 15) is 4.79 Å². The van der Waals surface area contributed by atoms with Gasteiger partial charge in [-0.2, -0.15) is 5.26 Å². The Morgan fingerprint density at radius 1 is 1.46 bits per heavy atom. The first-order chi connectivity index (χ1) is 16.9. The van der Waals surface area contributed by atoms with Crippen molar-refractivity contribution in [2.24, 2.45) is 33.9 Å². The zero-order valence-corrected chi connectivity index (χ0v) is 20.8. The second-order valence-electron chi connectivity index (χ2n) is 10.8. The summed E-state index contributed by atoms with van der Waals surface area (Å²) in [6, 6.07) is 2.16. The number of ether oxygens (including phenoxy) is 2. The topological polar surface area (TPSA) is 117 Å². The number of hydrogen-bond acceptors (Lipinski definition) is 6. The van der Waals surface area contributed by atoms with Gasteiger partial charge in [-0.25, -0.2) is 0 Å². The number of rotatable bonds is 4. The first-order valence-electron chi connectivity index (χ1n) is 12.7. The highest BCUT2D eigenvalue weighted by Crippen LogP contribution is 2.54. The van der Waals surface area contributed by atoms with Gasteiger partial charge in [0, 0.05) is 58.2 Å². The highest BCUT2D eigenvalue weighted by molar-refractivity contribution is 5.87. The van der Waals surface area contributed by atoms with E-state index in [1.807, 2.05) is 22.9 Å². The Morgan fingerprint density at radius 2 is 2.31 bits per heavy atom. The van der Waals surface area contributed by atoms with Crippen molar-refractivity contribution in [3.63, 3.8) is 0 Å². The second kappa shape index (κ2) is 9.75. The summed E-state index contributed by atoms with van der Waals surface area (Å²) in [7, 11) is 1.76. The smallest absolute Gasteiger partial charge is 0.231 e. The summed E-state index contributed by atoms with van der Waals surface area (Å²) in [5.41, 5.74) is 8.99. The third-order valence-electron chi connectivity index (χ3n) is 8.72. The molecule has 188 valence electrons. The molecule has 3 fully saturated rings. The maximum absolute atomic E-state index is 14.3. The Hall–Kier alpha value is -2.70. The van der Waals surface area contributed by atoms with Gasteiger partial charge in [0.05, 0.1) is 18.1 Å². The van der Waals surface area contributed by atoms with E-state index in [0.717, 1.165) is 55.5 Å². The number of carbonyl (C=O) groups excluding carboxylic acids is 1. The number of fused-ring (bicyclic) bond motifs is 2. The van der Waals surface area contributed by atoms with Crippen LogP contribution >= 0.6 is 0 Å². The van der Waals surface area contributed by atoms with Gasteiger partial charge in [-0.15, -0.1) is 4.99 Å². The molecule has 4 aliphatic rings. The number of hydrogen-bond donors (Lipinski definition) is 1. The first-order valence-corrected chi connectivity index (χ1v) is 12.7. The van der Waals surface area contributed by atoms with E-state index in [-0.39, 0.29) is 23.9 Å². The van der Waals surface area contributed by atoms with Gasteiger partial charge in [0.2, 0.25) is 18.1 Å². The molecule has 4 heterocycles. The van der Waals surface area contributed by atoms with Crippen molar-refractivity contribution in [3.8, 4) is 6.19 Å². The van der Waals surface area contributed by atoms with E-state index >= 15 is 0 Å². The normalized spacial score (nSPS) is 32.8. The van der Waals surface area contributed by atoms with Crippen LogP contribution in [0.1, 0.15) is 42.5 Å². The van der Waals surface area contributed by atoms with E-state index < -0.39 is 5.41 Å². The zero-order valence-electron chi connectivity index (χ0n) is 20.8. The zero-order chi connectivity index (χ0) is 24.6. The van der Waals surface area contributed by atoms with Gasteiger partial charge in [0.1, 0.15) is 0 Å². The van der Waals surface area contributed by atoms with Crippen molar-refractivity contribution in [1.29, 1.82) is 5.26 Å². The summed E-state index contributed by atoms with van der Waals surface area (Å²) < 4.78 is 11.3. The molecule has 2 unspecified atom stereocenters. The van der Waals surface area contributed by atoms with E-state index in [4.69, 9.17) is 20.5 Å². The predicted molar refractivity (Wildman–Crippen MR) is 130 cm³/mol. The monoisotopic (exact) mass is 480 g/mol. The largest absolute Gasteiger partial charge is 0.379 e. The molecule has 5 atom stereocenters. The fourth-order valence-electron chi connectivity index (χ4n) is 7.06. The lowest BCUT2D eigenvalue weighted by Crippen LogP contribution is -2.49. The molecule has 9 nitrogen and oxygen atoms in total. The summed E-state index contributed by atoms with van der Waals surface area (Å²) in [6.45, 7) is 5.97. The molecule has 0 radical (unpaired) electrons. The fourth-order valence-corrected chi connectivity index (χ4v) is 7.06. The summed E-state index contributed by atoms with van der Waals surface area (Å²) in [5.74, 6) is 1.56. The van der Waals surface area contributed by atoms with Crippen LogP contribution in [0.4, 0.5) is 0 Å². The number of methoxy groups -OCH3 is 1. The number of pyridine rings is 1. The average molecular weight is 481 g/mol. The van der Waals surface area contributed by atoms with Crippen LogP contribution in [0.15, 0.2) is 17.3 Å². The van der Waals surface area contributed by atoms with Crippen LogP contribution in [0, 0.1) is 41.5 Å². The van der Waals surface area contributed by atoms with Crippen molar-refractivity contribution >= 4 is 11.9 Å². The number of nitrogens with zero attached hydrogens (tertiary/aromatic N) is 5. The Bertz CT molecular complexity index is 1040. The quantitative estimate of drug-likeness (QED) is 0.397. The van der Waals surface area contributed by atoms with Crippen molar-refractivity contribution in [1.82, 2.24) is 14.8 Å². The molecule has 3 aliphatic heterocycles. The maximum atomic E-state index is 14.3. The van der Waals surface area contributed by atoms with Crippen LogP contribution in [0.2, 0.25) is 0 Å². The van der Waals surface area contributed by atoms with Crippen LogP contribution in [-0.4, -0.2) is 72.7 Å². The third-order valence-corrected chi connectivity index (χ3v) is 8.72. The van der Waals surface area contributed by atoms with Crippen LogP contribution in [0.25, 0.3) is 0 Å². The lowest BCUT2D eigenvalue weighted by atomic mass is 9.78. The van der Waals surface area contributed by atoms with Crippen molar-refractivity contribution in [2.45, 2.75) is 51.7 Å². The number of aryl methyl sites for hydroxylation is 1. The molecule has 1 amide bonds. The fraction of sp³-hybridized carbons (Fsp3) is 0.692. The Morgan fingerprint density at radius 3 is 3.11 bits per heavy atom. The highest BCUT2D eigenvalue weighted by atomic mass is 16.5. The van der Waals surface area contributed by atoms with Crippen molar-refractivity contribution < 1.29 is 14.3 Å². The highest BCUT2D eigenvalue weighted by Gasteiger charge is 2.59. The molecule has 0 aromatic carbocycles. The number of guanidine groups is 1. The van der Waals surface area contributed by atoms with Crippen LogP contribution < -0.4 is 5.73 Å². The van der Waals surface area contributed by atoms with Gasteiger partial charge in [-0.05, 0) is 61.5 Å². The minimum absolute atomic E-state index is 0.125. The minimum atomic E-state index is -0.497.